The van der Waals surface area contributed by atoms with Crippen LogP contribution >= 0.6 is 0 Å². The van der Waals surface area contributed by atoms with E-state index in [1.165, 1.54) is 0 Å². The Morgan fingerprint density at radius 3 is 2.81 bits per heavy atom. The van der Waals surface area contributed by atoms with Crippen LogP contribution in [0.25, 0.3) is 0 Å². The van der Waals surface area contributed by atoms with Gasteiger partial charge in [0.2, 0.25) is 5.91 Å². The van der Waals surface area contributed by atoms with Gasteiger partial charge in [-0.15, -0.1) is 0 Å². The van der Waals surface area contributed by atoms with Crippen LogP contribution in [0.5, 0.6) is 0 Å². The molecule has 2 heterocycles. The molecule has 3 aliphatic rings. The van der Waals surface area contributed by atoms with E-state index in [-0.39, 0.29) is 17.2 Å². The molecule has 2 aliphatic heterocycles. The molecular weight excluding hydrogens is 268 g/mol. The highest BCUT2D eigenvalue weighted by atomic mass is 16.4. The van der Waals surface area contributed by atoms with Gasteiger partial charge in [-0.3, -0.25) is 4.79 Å². The second-order valence-electron chi connectivity index (χ2n) is 7.05. The zero-order valence-electron chi connectivity index (χ0n) is 12.8. The quantitative estimate of drug-likeness (QED) is 0.824. The number of hydrogen-bond acceptors (Lipinski definition) is 3. The first-order valence-electron chi connectivity index (χ1n) is 8.33. The molecule has 0 spiro atoms. The van der Waals surface area contributed by atoms with E-state index in [9.17, 15) is 14.7 Å². The summed E-state index contributed by atoms with van der Waals surface area (Å²) in [7, 11) is 0. The third-order valence-electron chi connectivity index (χ3n) is 5.83. The Bertz CT molecular complexity index is 431. The first kappa shape index (κ1) is 14.8. The lowest BCUT2D eigenvalue weighted by atomic mass is 9.80. The van der Waals surface area contributed by atoms with E-state index in [0.29, 0.717) is 19.0 Å². The fraction of sp³-hybridized carbons (Fsp3) is 0.875. The van der Waals surface area contributed by atoms with Gasteiger partial charge in [-0.25, -0.2) is 4.79 Å². The molecule has 0 aromatic rings. The minimum absolute atomic E-state index is 0.0937. The first-order chi connectivity index (χ1) is 10.1. The second kappa shape index (κ2) is 5.59. The molecule has 0 aromatic carbocycles. The SMILES string of the molecule is CCCC1(C(=O)N2CC3CCCC3C2C(=O)O)CCNC1. The van der Waals surface area contributed by atoms with E-state index < -0.39 is 12.0 Å². The average Bonchev–Trinajstić information content (AvgIpc) is 3.12. The lowest BCUT2D eigenvalue weighted by Crippen LogP contribution is -2.51. The molecule has 1 saturated carbocycles. The topological polar surface area (TPSA) is 69.6 Å². The van der Waals surface area contributed by atoms with Crippen molar-refractivity contribution in [2.75, 3.05) is 19.6 Å². The normalized spacial score (nSPS) is 38.7. The molecule has 118 valence electrons. The molecule has 1 aliphatic carbocycles. The molecule has 2 saturated heterocycles. The Morgan fingerprint density at radius 2 is 2.19 bits per heavy atom. The Kier molecular flexibility index (Phi) is 3.95. The third kappa shape index (κ3) is 2.35. The molecule has 5 nitrogen and oxygen atoms in total. The van der Waals surface area contributed by atoms with Crippen LogP contribution in [-0.2, 0) is 9.59 Å². The molecule has 4 atom stereocenters. The summed E-state index contributed by atoms with van der Waals surface area (Å²) in [5.74, 6) is -0.130. The highest BCUT2D eigenvalue weighted by Gasteiger charge is 2.53. The molecule has 3 rings (SSSR count). The van der Waals surface area contributed by atoms with Gasteiger partial charge in [0.15, 0.2) is 0 Å². The van der Waals surface area contributed by atoms with Gasteiger partial charge in [-0.2, -0.15) is 0 Å². The zero-order chi connectivity index (χ0) is 15.0. The summed E-state index contributed by atoms with van der Waals surface area (Å²) in [5, 5.41) is 12.9. The number of fused-ring (bicyclic) bond motifs is 1. The molecule has 2 N–H and O–H groups in total. The lowest BCUT2D eigenvalue weighted by molar-refractivity contribution is -0.154. The van der Waals surface area contributed by atoms with Crippen molar-refractivity contribution in [3.05, 3.63) is 0 Å². The van der Waals surface area contributed by atoms with Crippen LogP contribution < -0.4 is 5.32 Å². The number of carbonyl (C=O) groups excluding carboxylic acids is 1. The van der Waals surface area contributed by atoms with Crippen LogP contribution in [0, 0.1) is 17.3 Å². The van der Waals surface area contributed by atoms with Crippen LogP contribution in [0.3, 0.4) is 0 Å². The largest absolute Gasteiger partial charge is 0.480 e. The van der Waals surface area contributed by atoms with Gasteiger partial charge in [-0.05, 0) is 44.1 Å². The molecule has 0 aromatic heterocycles. The summed E-state index contributed by atoms with van der Waals surface area (Å²) < 4.78 is 0. The maximum absolute atomic E-state index is 13.1. The zero-order valence-corrected chi connectivity index (χ0v) is 12.8. The first-order valence-corrected chi connectivity index (χ1v) is 8.33. The third-order valence-corrected chi connectivity index (χ3v) is 5.83. The van der Waals surface area contributed by atoms with Gasteiger partial charge >= 0.3 is 5.97 Å². The predicted octanol–water partition coefficient (Wildman–Crippen LogP) is 1.48. The van der Waals surface area contributed by atoms with Crippen molar-refractivity contribution < 1.29 is 14.7 Å². The van der Waals surface area contributed by atoms with Crippen LogP contribution in [0.15, 0.2) is 0 Å². The van der Waals surface area contributed by atoms with E-state index >= 15 is 0 Å². The molecule has 4 unspecified atom stereocenters. The van der Waals surface area contributed by atoms with Crippen molar-refractivity contribution in [3.63, 3.8) is 0 Å². The average molecular weight is 294 g/mol. The molecule has 1 amide bonds. The number of carboxylic acids is 1. The number of nitrogens with one attached hydrogen (secondary N) is 1. The number of aliphatic carboxylic acids is 1. The lowest BCUT2D eigenvalue weighted by Gasteiger charge is -2.34. The van der Waals surface area contributed by atoms with Crippen molar-refractivity contribution in [3.8, 4) is 0 Å². The Balaban J connectivity index is 1.84. The minimum Gasteiger partial charge on any atom is -0.480 e. The van der Waals surface area contributed by atoms with Crippen molar-refractivity contribution in [2.24, 2.45) is 17.3 Å². The number of nitrogens with zero attached hydrogens (tertiary/aromatic N) is 1. The van der Waals surface area contributed by atoms with Gasteiger partial charge in [0, 0.05) is 13.1 Å². The highest BCUT2D eigenvalue weighted by Crippen LogP contribution is 2.45. The summed E-state index contributed by atoms with van der Waals surface area (Å²) in [6, 6.07) is -0.584. The number of carboxylic acid groups (broad SMARTS) is 1. The van der Waals surface area contributed by atoms with Gasteiger partial charge in [-0.1, -0.05) is 19.8 Å². The number of carbonyl (C=O) groups is 2. The summed E-state index contributed by atoms with van der Waals surface area (Å²) in [6.07, 6.45) is 5.82. The van der Waals surface area contributed by atoms with Crippen LogP contribution in [-0.4, -0.2) is 47.6 Å². The van der Waals surface area contributed by atoms with Gasteiger partial charge < -0.3 is 15.3 Å². The molecule has 21 heavy (non-hydrogen) atoms. The predicted molar refractivity (Wildman–Crippen MR) is 78.8 cm³/mol. The van der Waals surface area contributed by atoms with E-state index in [1.54, 1.807) is 4.90 Å². The smallest absolute Gasteiger partial charge is 0.326 e. The maximum atomic E-state index is 13.1. The van der Waals surface area contributed by atoms with Crippen molar-refractivity contribution in [2.45, 2.75) is 51.5 Å². The van der Waals surface area contributed by atoms with Crippen LogP contribution in [0.2, 0.25) is 0 Å². The van der Waals surface area contributed by atoms with Gasteiger partial charge in [0.25, 0.3) is 0 Å². The summed E-state index contributed by atoms with van der Waals surface area (Å²) in [4.78, 5) is 26.6. The summed E-state index contributed by atoms with van der Waals surface area (Å²) in [6.45, 7) is 4.33. The highest BCUT2D eigenvalue weighted by molar-refractivity contribution is 5.89. The maximum Gasteiger partial charge on any atom is 0.326 e. The van der Waals surface area contributed by atoms with Gasteiger partial charge in [0.1, 0.15) is 6.04 Å². The Hall–Kier alpha value is -1.10. The van der Waals surface area contributed by atoms with Crippen molar-refractivity contribution >= 4 is 11.9 Å². The molecule has 0 radical (unpaired) electrons. The van der Waals surface area contributed by atoms with E-state index in [1.807, 2.05) is 0 Å². The van der Waals surface area contributed by atoms with E-state index in [0.717, 1.165) is 45.1 Å². The van der Waals surface area contributed by atoms with Crippen molar-refractivity contribution in [1.29, 1.82) is 0 Å². The van der Waals surface area contributed by atoms with Crippen LogP contribution in [0.4, 0.5) is 0 Å². The van der Waals surface area contributed by atoms with E-state index in [4.69, 9.17) is 0 Å². The number of rotatable bonds is 4. The standard InChI is InChI=1S/C16H26N2O3/c1-2-6-16(7-8-17-10-16)15(21)18-9-11-4-3-5-12(11)13(18)14(19)20/h11-13,17H,2-10H2,1H3,(H,19,20). The fourth-order valence-electron chi connectivity index (χ4n) is 4.86. The molecule has 0 bridgehead atoms. The fourth-order valence-corrected chi connectivity index (χ4v) is 4.86. The number of amides is 1. The number of likely N-dealkylation sites (tertiary alicyclic amines) is 1. The number of hydrogen-bond donors (Lipinski definition) is 2. The van der Waals surface area contributed by atoms with Crippen LogP contribution in [0.1, 0.15) is 45.4 Å². The second-order valence-corrected chi connectivity index (χ2v) is 7.05. The Morgan fingerprint density at radius 1 is 1.38 bits per heavy atom. The Labute approximate surface area is 126 Å². The molecular formula is C16H26N2O3. The van der Waals surface area contributed by atoms with Crippen molar-refractivity contribution in [1.82, 2.24) is 10.2 Å². The summed E-state index contributed by atoms with van der Waals surface area (Å²) >= 11 is 0. The molecule has 5 heteroatoms. The monoisotopic (exact) mass is 294 g/mol. The summed E-state index contributed by atoms with van der Waals surface area (Å²) in [5.41, 5.74) is -0.360. The van der Waals surface area contributed by atoms with Gasteiger partial charge in [0.05, 0.1) is 5.41 Å². The van der Waals surface area contributed by atoms with E-state index in [2.05, 4.69) is 12.2 Å². The minimum atomic E-state index is -0.810. The molecule has 3 fully saturated rings.